The number of primary amides is 1. The monoisotopic (exact) mass is 218 g/mol. The predicted molar refractivity (Wildman–Crippen MR) is 55.5 cm³/mol. The van der Waals surface area contributed by atoms with Crippen LogP contribution in [-0.4, -0.2) is 19.5 Å². The summed E-state index contributed by atoms with van der Waals surface area (Å²) in [7, 11) is 1.87. The van der Waals surface area contributed by atoms with Crippen LogP contribution < -0.4 is 11.1 Å². The first-order valence-electron chi connectivity index (χ1n) is 3.87. The highest BCUT2D eigenvalue weighted by Crippen LogP contribution is 2.27. The molecule has 5 heteroatoms. The lowest BCUT2D eigenvalue weighted by Crippen LogP contribution is -2.11. The minimum absolute atomic E-state index is 0.452. The summed E-state index contributed by atoms with van der Waals surface area (Å²) in [6.45, 7) is 0.842. The van der Waals surface area contributed by atoms with Crippen molar-refractivity contribution in [3.05, 3.63) is 20.8 Å². The summed E-state index contributed by atoms with van der Waals surface area (Å²) in [6, 6.07) is 0. The summed E-state index contributed by atoms with van der Waals surface area (Å²) in [5.74, 6) is -0.453. The number of carbonyl (C=O) groups is 1. The van der Waals surface area contributed by atoms with E-state index in [-0.39, 0.29) is 0 Å². The predicted octanol–water partition coefficient (Wildman–Crippen LogP) is 1.26. The third-order valence-corrected chi connectivity index (χ3v) is 3.26. The molecule has 3 nitrogen and oxygen atoms in total. The Bertz CT molecular complexity index is 311. The molecule has 0 atom stereocenters. The molecular weight excluding hydrogens is 208 g/mol. The lowest BCUT2D eigenvalue weighted by molar-refractivity contribution is 0.100. The normalized spacial score (nSPS) is 10.3. The molecule has 0 radical (unpaired) electrons. The number of amides is 1. The highest BCUT2D eigenvalue weighted by atomic mass is 35.5. The number of rotatable bonds is 4. The van der Waals surface area contributed by atoms with E-state index in [4.69, 9.17) is 17.3 Å². The van der Waals surface area contributed by atoms with Crippen molar-refractivity contribution in [2.45, 2.75) is 6.42 Å². The summed E-state index contributed by atoms with van der Waals surface area (Å²) < 4.78 is 0. The van der Waals surface area contributed by atoms with Gasteiger partial charge < -0.3 is 11.1 Å². The Morgan fingerprint density at radius 1 is 1.77 bits per heavy atom. The molecule has 0 unspecified atom stereocenters. The number of hydrogen-bond acceptors (Lipinski definition) is 3. The molecule has 1 aromatic heterocycles. The molecule has 3 N–H and O–H groups in total. The molecule has 1 amide bonds. The first-order valence-corrected chi connectivity index (χ1v) is 5.13. The van der Waals surface area contributed by atoms with E-state index in [2.05, 4.69) is 5.32 Å². The van der Waals surface area contributed by atoms with E-state index in [0.29, 0.717) is 9.90 Å². The topological polar surface area (TPSA) is 55.1 Å². The molecule has 0 aliphatic heterocycles. The van der Waals surface area contributed by atoms with E-state index in [1.807, 2.05) is 12.4 Å². The Balaban J connectivity index is 2.80. The number of halogens is 1. The molecule has 1 rings (SSSR count). The van der Waals surface area contributed by atoms with Crippen LogP contribution in [0.3, 0.4) is 0 Å². The van der Waals surface area contributed by atoms with Crippen molar-refractivity contribution >= 4 is 28.8 Å². The Morgan fingerprint density at radius 2 is 2.46 bits per heavy atom. The molecule has 0 spiro atoms. The molecule has 1 heterocycles. The molecule has 0 bridgehead atoms. The van der Waals surface area contributed by atoms with Crippen LogP contribution in [0, 0.1) is 0 Å². The van der Waals surface area contributed by atoms with Crippen LogP contribution in [0.2, 0.25) is 5.02 Å². The fourth-order valence-electron chi connectivity index (χ4n) is 0.974. The largest absolute Gasteiger partial charge is 0.365 e. The first kappa shape index (κ1) is 10.5. The highest BCUT2D eigenvalue weighted by Gasteiger charge is 2.12. The van der Waals surface area contributed by atoms with Gasteiger partial charge in [-0.05, 0) is 31.0 Å². The zero-order valence-corrected chi connectivity index (χ0v) is 8.84. The number of carbonyl (C=O) groups excluding carboxylic acids is 1. The maximum Gasteiger partial charge on any atom is 0.260 e. The van der Waals surface area contributed by atoms with Gasteiger partial charge in [-0.3, -0.25) is 4.79 Å². The van der Waals surface area contributed by atoms with Gasteiger partial charge in [0, 0.05) is 0 Å². The fourth-order valence-corrected chi connectivity index (χ4v) is 2.26. The van der Waals surface area contributed by atoms with E-state index in [0.717, 1.165) is 18.5 Å². The second kappa shape index (κ2) is 4.60. The van der Waals surface area contributed by atoms with Crippen molar-refractivity contribution in [1.82, 2.24) is 5.32 Å². The molecule has 0 aliphatic carbocycles. The van der Waals surface area contributed by atoms with E-state index in [1.54, 1.807) is 0 Å². The van der Waals surface area contributed by atoms with E-state index in [1.165, 1.54) is 11.3 Å². The average molecular weight is 219 g/mol. The van der Waals surface area contributed by atoms with Gasteiger partial charge in [0.25, 0.3) is 5.91 Å². The number of nitrogens with two attached hydrogens (primary N) is 1. The summed E-state index contributed by atoms with van der Waals surface area (Å²) in [5.41, 5.74) is 6.11. The van der Waals surface area contributed by atoms with Gasteiger partial charge >= 0.3 is 0 Å². The van der Waals surface area contributed by atoms with Crippen LogP contribution in [0.25, 0.3) is 0 Å². The summed E-state index contributed by atoms with van der Waals surface area (Å²) in [4.78, 5) is 11.3. The average Bonchev–Trinajstić information content (AvgIpc) is 2.43. The lowest BCUT2D eigenvalue weighted by Gasteiger charge is -1.97. The van der Waals surface area contributed by atoms with Gasteiger partial charge in [0.15, 0.2) is 0 Å². The summed E-state index contributed by atoms with van der Waals surface area (Å²) >= 11 is 7.24. The number of likely N-dealkylation sites (N-methyl/N-ethyl adjacent to an activating group) is 1. The molecule has 0 aliphatic rings. The Kier molecular flexibility index (Phi) is 3.71. The number of thiophene rings is 1. The fraction of sp³-hybridized carbons (Fsp3) is 0.375. The zero-order chi connectivity index (χ0) is 9.84. The lowest BCUT2D eigenvalue weighted by atomic mass is 10.2. The van der Waals surface area contributed by atoms with Crippen molar-refractivity contribution in [2.24, 2.45) is 5.73 Å². The Morgan fingerprint density at radius 3 is 2.92 bits per heavy atom. The quantitative estimate of drug-likeness (QED) is 0.800. The van der Waals surface area contributed by atoms with Crippen molar-refractivity contribution < 1.29 is 4.79 Å². The Hall–Kier alpha value is -0.580. The molecule has 13 heavy (non-hydrogen) atoms. The first-order chi connectivity index (χ1) is 6.16. The number of hydrogen-bond donors (Lipinski definition) is 2. The van der Waals surface area contributed by atoms with Crippen molar-refractivity contribution in [3.8, 4) is 0 Å². The van der Waals surface area contributed by atoms with Gasteiger partial charge in [0.2, 0.25) is 0 Å². The highest BCUT2D eigenvalue weighted by molar-refractivity contribution is 7.13. The zero-order valence-electron chi connectivity index (χ0n) is 7.26. The minimum Gasteiger partial charge on any atom is -0.365 e. The Labute approximate surface area is 85.9 Å². The van der Waals surface area contributed by atoms with Gasteiger partial charge in [-0.2, -0.15) is 0 Å². The third kappa shape index (κ3) is 2.43. The number of nitrogens with one attached hydrogen (secondary N) is 1. The van der Waals surface area contributed by atoms with Crippen molar-refractivity contribution in [1.29, 1.82) is 0 Å². The maximum absolute atomic E-state index is 10.8. The maximum atomic E-state index is 10.8. The summed E-state index contributed by atoms with van der Waals surface area (Å²) in [6.07, 6.45) is 0.819. The van der Waals surface area contributed by atoms with E-state index in [9.17, 15) is 4.79 Å². The molecule has 0 saturated carbocycles. The smallest absolute Gasteiger partial charge is 0.260 e. The van der Waals surface area contributed by atoms with Gasteiger partial charge in [0.1, 0.15) is 4.88 Å². The molecule has 0 aromatic carbocycles. The van der Waals surface area contributed by atoms with E-state index < -0.39 is 5.91 Å². The molecule has 0 fully saturated rings. The van der Waals surface area contributed by atoms with Crippen molar-refractivity contribution in [2.75, 3.05) is 13.6 Å². The third-order valence-electron chi connectivity index (χ3n) is 1.67. The standard InChI is InChI=1S/C8H11ClN2OS/c1-11-3-2-5-4-13-7(6(5)9)8(10)12/h4,11H,2-3H2,1H3,(H2,10,12). The van der Waals surface area contributed by atoms with E-state index >= 15 is 0 Å². The molecule has 0 saturated heterocycles. The van der Waals surface area contributed by atoms with Gasteiger partial charge in [-0.1, -0.05) is 11.6 Å². The van der Waals surface area contributed by atoms with Crippen LogP contribution in [0.5, 0.6) is 0 Å². The van der Waals surface area contributed by atoms with Crippen LogP contribution in [0.15, 0.2) is 5.38 Å². The summed E-state index contributed by atoms with van der Waals surface area (Å²) in [5, 5.41) is 5.39. The van der Waals surface area contributed by atoms with Crippen LogP contribution in [0.1, 0.15) is 15.2 Å². The SMILES string of the molecule is CNCCc1csc(C(N)=O)c1Cl. The second-order valence-corrected chi connectivity index (χ2v) is 3.88. The molecular formula is C8H11ClN2OS. The van der Waals surface area contributed by atoms with Gasteiger partial charge in [-0.15, -0.1) is 11.3 Å². The van der Waals surface area contributed by atoms with Gasteiger partial charge in [0.05, 0.1) is 5.02 Å². The second-order valence-electron chi connectivity index (χ2n) is 2.62. The van der Waals surface area contributed by atoms with Crippen molar-refractivity contribution in [3.63, 3.8) is 0 Å². The van der Waals surface area contributed by atoms with Crippen LogP contribution in [0.4, 0.5) is 0 Å². The molecule has 1 aromatic rings. The minimum atomic E-state index is -0.453. The van der Waals surface area contributed by atoms with Gasteiger partial charge in [-0.25, -0.2) is 0 Å². The van der Waals surface area contributed by atoms with Crippen LogP contribution in [-0.2, 0) is 6.42 Å². The molecule has 72 valence electrons. The van der Waals surface area contributed by atoms with Crippen LogP contribution >= 0.6 is 22.9 Å².